The maximum atomic E-state index is 2.47. The monoisotopic (exact) mass is 953 g/mol. The van der Waals surface area contributed by atoms with Crippen LogP contribution < -0.4 is 4.90 Å². The molecule has 0 aliphatic carbocycles. The molecule has 0 atom stereocenters. The van der Waals surface area contributed by atoms with Gasteiger partial charge in [0.15, 0.2) is 0 Å². The molecule has 0 N–H and O–H groups in total. The van der Waals surface area contributed by atoms with Crippen LogP contribution >= 0.6 is 0 Å². The van der Waals surface area contributed by atoms with Gasteiger partial charge >= 0.3 is 0 Å². The van der Waals surface area contributed by atoms with E-state index in [1.807, 2.05) is 0 Å². The minimum Gasteiger partial charge on any atom is -0.309 e. The lowest BCUT2D eigenvalue weighted by molar-refractivity contribution is 1.28. The van der Waals surface area contributed by atoms with E-state index >= 15 is 0 Å². The van der Waals surface area contributed by atoms with Gasteiger partial charge in [0.1, 0.15) is 0 Å². The molecule has 0 heterocycles. The quantitative estimate of drug-likeness (QED) is 0.117. The summed E-state index contributed by atoms with van der Waals surface area (Å²) in [6.07, 6.45) is 0. The molecule has 0 unspecified atom stereocenters. The number of anilines is 3. The second-order valence-electron chi connectivity index (χ2n) is 19.1. The standard InChI is InChI=1S/C74H51N/c1-7-24-52(25-8-1)62-38-21-39-63(70(62)57-30-13-4-14-31-57)55-44-48-60(49-45-55)75(74-65(53-26-9-2-10-27-53)41-23-42-66(74)54-28-11-3-12-29-54)61-50-46-56(47-51-61)64-40-22-43-69-67-36-19-20-37-68(67)71(58-32-15-5-16-33-58)72(73(64)69)59-34-17-6-18-35-59/h1-51H. The summed E-state index contributed by atoms with van der Waals surface area (Å²) in [6, 6.07) is 113. The summed E-state index contributed by atoms with van der Waals surface area (Å²) in [7, 11) is 0. The number of benzene rings is 13. The topological polar surface area (TPSA) is 3.24 Å². The first-order chi connectivity index (χ1) is 37.3. The number of hydrogen-bond acceptors (Lipinski definition) is 1. The highest BCUT2D eigenvalue weighted by Gasteiger charge is 2.24. The molecule has 0 bridgehead atoms. The van der Waals surface area contributed by atoms with Gasteiger partial charge < -0.3 is 4.90 Å². The summed E-state index contributed by atoms with van der Waals surface area (Å²) < 4.78 is 0. The highest BCUT2D eigenvalue weighted by atomic mass is 15.1. The Morgan fingerprint density at radius 3 is 0.947 bits per heavy atom. The van der Waals surface area contributed by atoms with Gasteiger partial charge in [-0.05, 0) is 124 Å². The third-order valence-electron chi connectivity index (χ3n) is 14.7. The number of nitrogens with zero attached hydrogens (tertiary/aromatic N) is 1. The minimum atomic E-state index is 1.06. The first kappa shape index (κ1) is 45.1. The summed E-state index contributed by atoms with van der Waals surface area (Å²) in [6.45, 7) is 0. The van der Waals surface area contributed by atoms with Crippen molar-refractivity contribution >= 4 is 38.6 Å². The molecule has 0 saturated heterocycles. The predicted octanol–water partition coefficient (Wildman–Crippen LogP) is 20.8. The molecule has 1 nitrogen and oxygen atoms in total. The van der Waals surface area contributed by atoms with Gasteiger partial charge in [0.05, 0.1) is 5.69 Å². The van der Waals surface area contributed by atoms with Crippen LogP contribution in [0.1, 0.15) is 0 Å². The van der Waals surface area contributed by atoms with Gasteiger partial charge in [0, 0.05) is 22.5 Å². The molecular weight excluding hydrogens is 903 g/mol. The Labute approximate surface area is 439 Å². The van der Waals surface area contributed by atoms with Crippen molar-refractivity contribution in [1.82, 2.24) is 0 Å². The van der Waals surface area contributed by atoms with Crippen molar-refractivity contribution in [3.05, 3.63) is 309 Å². The van der Waals surface area contributed by atoms with E-state index in [-0.39, 0.29) is 0 Å². The van der Waals surface area contributed by atoms with Crippen LogP contribution in [0.25, 0.3) is 111 Å². The Bertz CT molecular complexity index is 4040. The Morgan fingerprint density at radius 1 is 0.173 bits per heavy atom. The number of para-hydroxylation sites is 1. The lowest BCUT2D eigenvalue weighted by atomic mass is 9.82. The molecule has 0 aromatic heterocycles. The van der Waals surface area contributed by atoms with E-state index in [0.29, 0.717) is 0 Å². The number of fused-ring (bicyclic) bond motifs is 3. The highest BCUT2D eigenvalue weighted by Crippen LogP contribution is 2.50. The van der Waals surface area contributed by atoms with Gasteiger partial charge in [-0.1, -0.05) is 285 Å². The molecule has 0 aliphatic rings. The highest BCUT2D eigenvalue weighted by molar-refractivity contribution is 6.25. The normalized spacial score (nSPS) is 11.2. The van der Waals surface area contributed by atoms with E-state index in [2.05, 4.69) is 314 Å². The first-order valence-corrected chi connectivity index (χ1v) is 25.8. The molecule has 0 spiro atoms. The fourth-order valence-corrected chi connectivity index (χ4v) is 11.3. The Morgan fingerprint density at radius 2 is 0.480 bits per heavy atom. The fraction of sp³-hybridized carbons (Fsp3) is 0. The molecule has 352 valence electrons. The third-order valence-corrected chi connectivity index (χ3v) is 14.7. The van der Waals surface area contributed by atoms with E-state index < -0.39 is 0 Å². The summed E-state index contributed by atoms with van der Waals surface area (Å²) in [5.74, 6) is 0. The fourth-order valence-electron chi connectivity index (χ4n) is 11.3. The summed E-state index contributed by atoms with van der Waals surface area (Å²) in [5, 5.41) is 4.97. The molecule has 0 saturated carbocycles. The molecular formula is C74H51N. The van der Waals surface area contributed by atoms with Crippen molar-refractivity contribution in [3.8, 4) is 89.0 Å². The molecule has 1 heteroatoms. The van der Waals surface area contributed by atoms with Crippen molar-refractivity contribution in [2.24, 2.45) is 0 Å². The van der Waals surface area contributed by atoms with E-state index in [4.69, 9.17) is 0 Å². The van der Waals surface area contributed by atoms with Gasteiger partial charge in [-0.25, -0.2) is 0 Å². The molecule has 0 radical (unpaired) electrons. The van der Waals surface area contributed by atoms with E-state index in [0.717, 1.165) is 50.4 Å². The second-order valence-corrected chi connectivity index (χ2v) is 19.1. The van der Waals surface area contributed by atoms with Gasteiger partial charge in [-0.3, -0.25) is 0 Å². The number of hydrogen-bond donors (Lipinski definition) is 0. The number of rotatable bonds is 11. The molecule has 0 aliphatic heterocycles. The Balaban J connectivity index is 1.02. The molecule has 0 amide bonds. The van der Waals surface area contributed by atoms with Gasteiger partial charge in [-0.15, -0.1) is 0 Å². The van der Waals surface area contributed by atoms with Crippen molar-refractivity contribution in [3.63, 3.8) is 0 Å². The van der Waals surface area contributed by atoms with Crippen LogP contribution in [-0.2, 0) is 0 Å². The van der Waals surface area contributed by atoms with Crippen molar-refractivity contribution in [1.29, 1.82) is 0 Å². The maximum Gasteiger partial charge on any atom is 0.0618 e. The van der Waals surface area contributed by atoms with Crippen LogP contribution in [0, 0.1) is 0 Å². The van der Waals surface area contributed by atoms with Crippen molar-refractivity contribution < 1.29 is 0 Å². The van der Waals surface area contributed by atoms with E-state index in [1.165, 1.54) is 77.2 Å². The maximum absolute atomic E-state index is 2.47. The molecule has 13 aromatic carbocycles. The largest absolute Gasteiger partial charge is 0.309 e. The summed E-state index contributed by atoms with van der Waals surface area (Å²) in [5.41, 5.74) is 22.2. The zero-order chi connectivity index (χ0) is 49.9. The van der Waals surface area contributed by atoms with Gasteiger partial charge in [-0.2, -0.15) is 0 Å². The van der Waals surface area contributed by atoms with Gasteiger partial charge in [0.2, 0.25) is 0 Å². The van der Waals surface area contributed by atoms with Crippen molar-refractivity contribution in [2.45, 2.75) is 0 Å². The molecule has 75 heavy (non-hydrogen) atoms. The second kappa shape index (κ2) is 20.0. The molecule has 13 rings (SSSR count). The Hall–Kier alpha value is -9.82. The van der Waals surface area contributed by atoms with Crippen LogP contribution in [-0.4, -0.2) is 0 Å². The van der Waals surface area contributed by atoms with Gasteiger partial charge in [0.25, 0.3) is 0 Å². The zero-order valence-corrected chi connectivity index (χ0v) is 41.4. The lowest BCUT2D eigenvalue weighted by Crippen LogP contribution is -2.12. The van der Waals surface area contributed by atoms with E-state index in [9.17, 15) is 0 Å². The summed E-state index contributed by atoms with van der Waals surface area (Å²) in [4.78, 5) is 2.47. The average molecular weight is 954 g/mol. The summed E-state index contributed by atoms with van der Waals surface area (Å²) >= 11 is 0. The SMILES string of the molecule is c1ccc(-c2cccc(-c3ccc(N(c4ccc(-c5cccc6c5c(-c5ccccc5)c(-c5ccccc5)c5ccccc56)cc4)c4c(-c5ccccc5)cccc4-c4ccccc4)cc3)c2-c2ccccc2)cc1. The lowest BCUT2D eigenvalue weighted by Gasteiger charge is -2.31. The molecule has 13 aromatic rings. The third kappa shape index (κ3) is 8.47. The van der Waals surface area contributed by atoms with Crippen LogP contribution in [0.2, 0.25) is 0 Å². The minimum absolute atomic E-state index is 1.06. The van der Waals surface area contributed by atoms with Crippen LogP contribution in [0.3, 0.4) is 0 Å². The predicted molar refractivity (Wildman–Crippen MR) is 320 cm³/mol. The zero-order valence-electron chi connectivity index (χ0n) is 41.4. The molecule has 0 fully saturated rings. The Kier molecular flexibility index (Phi) is 12.0. The van der Waals surface area contributed by atoms with Crippen LogP contribution in [0.4, 0.5) is 17.1 Å². The smallest absolute Gasteiger partial charge is 0.0618 e. The van der Waals surface area contributed by atoms with Crippen molar-refractivity contribution in [2.75, 3.05) is 4.90 Å². The van der Waals surface area contributed by atoms with Crippen LogP contribution in [0.5, 0.6) is 0 Å². The average Bonchev–Trinajstić information content (AvgIpc) is 3.51. The first-order valence-electron chi connectivity index (χ1n) is 25.8. The van der Waals surface area contributed by atoms with E-state index in [1.54, 1.807) is 0 Å². The van der Waals surface area contributed by atoms with Crippen LogP contribution in [0.15, 0.2) is 309 Å².